The van der Waals surface area contributed by atoms with E-state index < -0.39 is 16.4 Å². The monoisotopic (exact) mass is 712 g/mol. The number of thioether (sulfide) groups is 1. The summed E-state index contributed by atoms with van der Waals surface area (Å²) in [6.45, 7) is 10.8. The topological polar surface area (TPSA) is 82.7 Å². The van der Waals surface area contributed by atoms with Crippen molar-refractivity contribution in [2.24, 2.45) is 0 Å². The van der Waals surface area contributed by atoms with E-state index >= 15 is 0 Å². The van der Waals surface area contributed by atoms with Crippen molar-refractivity contribution in [1.82, 2.24) is 10.7 Å². The second kappa shape index (κ2) is 16.1. The van der Waals surface area contributed by atoms with Crippen LogP contribution in [0.4, 0.5) is 16.2 Å². The zero-order valence-corrected chi connectivity index (χ0v) is 31.4. The van der Waals surface area contributed by atoms with Gasteiger partial charge in [0.15, 0.2) is 0 Å². The highest BCUT2D eigenvalue weighted by molar-refractivity contribution is 8.00. The van der Waals surface area contributed by atoms with E-state index in [0.29, 0.717) is 24.4 Å². The molecule has 5 aromatic rings. The third-order valence-corrected chi connectivity index (χ3v) is 11.1. The highest BCUT2D eigenvalue weighted by Crippen LogP contribution is 2.48. The minimum Gasteiger partial charge on any atom is -0.444 e. The largest absolute Gasteiger partial charge is 0.444 e. The fraction of sp³-hybridized carbons (Fsp3) is 0.273. The van der Waals surface area contributed by atoms with Crippen LogP contribution in [0, 0.1) is 13.8 Å². The molecule has 1 unspecified atom stereocenters. The molecule has 7 nitrogen and oxygen atoms in total. The minimum atomic E-state index is -0.640. The number of alkyl carbamates (subject to hydrolysis) is 1. The molecule has 1 aliphatic rings. The molecule has 0 radical (unpaired) electrons. The van der Waals surface area contributed by atoms with Crippen LogP contribution < -0.4 is 21.1 Å². The number of hydrazine groups is 1. The van der Waals surface area contributed by atoms with Crippen LogP contribution in [0.3, 0.4) is 0 Å². The average molecular weight is 713 g/mol. The SMILES string of the molecule is Cc1cccc(NC(=O)c2cccc3c2CCN3NCC(CSC(c2ccccc2)(c2ccccc2)c2ccccc2)NC(=O)OC(C)(C)C)c1C. The Morgan fingerprint density at radius 2 is 1.35 bits per heavy atom. The van der Waals surface area contributed by atoms with Gasteiger partial charge in [0, 0.05) is 30.1 Å². The summed E-state index contributed by atoms with van der Waals surface area (Å²) >= 11 is 1.79. The highest BCUT2D eigenvalue weighted by atomic mass is 32.2. The van der Waals surface area contributed by atoms with Crippen molar-refractivity contribution in [3.05, 3.63) is 166 Å². The maximum atomic E-state index is 13.6. The molecule has 0 saturated carbocycles. The number of aryl methyl sites for hydroxylation is 1. The molecule has 0 bridgehead atoms. The molecule has 8 heteroatoms. The van der Waals surface area contributed by atoms with Crippen LogP contribution in [0.5, 0.6) is 0 Å². The standard InChI is InChI=1S/C44H48N4O3S/c1-31-17-15-25-39(32(31)2)47-41(49)38-24-16-26-40-37(38)27-28-48(40)45-29-36(46-42(50)51-43(3,4)5)30-52-44(33-18-9-6-10-19-33,34-20-11-7-12-21-34)35-22-13-8-14-23-35/h6-26,36,45H,27-30H2,1-5H3,(H,46,50)(H,47,49). The maximum Gasteiger partial charge on any atom is 0.407 e. The lowest BCUT2D eigenvalue weighted by Crippen LogP contribution is -2.50. The van der Waals surface area contributed by atoms with E-state index in [4.69, 9.17) is 4.74 Å². The molecule has 1 atom stereocenters. The Morgan fingerprint density at radius 3 is 1.92 bits per heavy atom. The molecule has 6 rings (SSSR count). The molecule has 5 aromatic carbocycles. The van der Waals surface area contributed by atoms with Crippen LogP contribution in [-0.2, 0) is 15.9 Å². The van der Waals surface area contributed by atoms with Gasteiger partial charge in [0.25, 0.3) is 5.91 Å². The third-order valence-electron chi connectivity index (χ3n) is 9.42. The first-order chi connectivity index (χ1) is 25.0. The first kappa shape index (κ1) is 36.7. The van der Waals surface area contributed by atoms with E-state index in [1.54, 1.807) is 11.8 Å². The van der Waals surface area contributed by atoms with Crippen LogP contribution >= 0.6 is 11.8 Å². The molecule has 0 spiro atoms. The predicted octanol–water partition coefficient (Wildman–Crippen LogP) is 9.04. The van der Waals surface area contributed by atoms with Crippen molar-refractivity contribution >= 4 is 35.1 Å². The van der Waals surface area contributed by atoms with E-state index in [0.717, 1.165) is 51.2 Å². The molecule has 1 aliphatic heterocycles. The number of rotatable bonds is 12. The Labute approximate surface area is 312 Å². The van der Waals surface area contributed by atoms with Gasteiger partial charge in [-0.05, 0) is 92.6 Å². The number of hydrogen-bond acceptors (Lipinski definition) is 6. The number of amides is 2. The van der Waals surface area contributed by atoms with Gasteiger partial charge in [-0.1, -0.05) is 109 Å². The van der Waals surface area contributed by atoms with Gasteiger partial charge in [-0.25, -0.2) is 10.2 Å². The molecule has 0 saturated heterocycles. The van der Waals surface area contributed by atoms with Gasteiger partial charge in [0.2, 0.25) is 0 Å². The molecule has 52 heavy (non-hydrogen) atoms. The normalized spacial score (nSPS) is 13.3. The van der Waals surface area contributed by atoms with Gasteiger partial charge >= 0.3 is 6.09 Å². The van der Waals surface area contributed by atoms with Crippen molar-refractivity contribution in [2.45, 2.75) is 57.4 Å². The number of nitrogens with one attached hydrogen (secondary N) is 3. The first-order valence-corrected chi connectivity index (χ1v) is 18.8. The fourth-order valence-corrected chi connectivity index (χ4v) is 8.29. The summed E-state index contributed by atoms with van der Waals surface area (Å²) in [5.74, 6) is 0.455. The highest BCUT2D eigenvalue weighted by Gasteiger charge is 2.38. The lowest BCUT2D eigenvalue weighted by atomic mass is 9.84. The van der Waals surface area contributed by atoms with Gasteiger partial charge < -0.3 is 20.4 Å². The van der Waals surface area contributed by atoms with Gasteiger partial charge in [-0.2, -0.15) is 0 Å². The third kappa shape index (κ3) is 8.35. The molecule has 268 valence electrons. The van der Waals surface area contributed by atoms with Crippen LogP contribution in [0.1, 0.15) is 64.5 Å². The van der Waals surface area contributed by atoms with Gasteiger partial charge in [-0.15, -0.1) is 11.8 Å². The van der Waals surface area contributed by atoms with Crippen molar-refractivity contribution in [3.8, 4) is 0 Å². The maximum absolute atomic E-state index is 13.6. The Balaban J connectivity index is 1.26. The lowest BCUT2D eigenvalue weighted by molar-refractivity contribution is 0.0509. The molecular weight excluding hydrogens is 665 g/mol. The lowest BCUT2D eigenvalue weighted by Gasteiger charge is -2.37. The van der Waals surface area contributed by atoms with E-state index in [-0.39, 0.29) is 11.9 Å². The van der Waals surface area contributed by atoms with Gasteiger partial charge in [-0.3, -0.25) is 4.79 Å². The zero-order valence-electron chi connectivity index (χ0n) is 30.6. The second-order valence-corrected chi connectivity index (χ2v) is 15.4. The first-order valence-electron chi connectivity index (χ1n) is 17.9. The molecule has 0 aliphatic carbocycles. The minimum absolute atomic E-state index is 0.118. The van der Waals surface area contributed by atoms with E-state index in [1.807, 2.05) is 89.2 Å². The summed E-state index contributed by atoms with van der Waals surface area (Å²) in [6, 6.07) is 43.2. The Kier molecular flexibility index (Phi) is 11.4. The van der Waals surface area contributed by atoms with E-state index in [1.165, 1.54) is 0 Å². The molecule has 3 N–H and O–H groups in total. The van der Waals surface area contributed by atoms with Crippen LogP contribution in [0.15, 0.2) is 127 Å². The Morgan fingerprint density at radius 1 is 0.769 bits per heavy atom. The summed E-state index contributed by atoms with van der Waals surface area (Å²) in [6.07, 6.45) is 0.258. The number of fused-ring (bicyclic) bond motifs is 1. The van der Waals surface area contributed by atoms with Crippen molar-refractivity contribution in [1.29, 1.82) is 0 Å². The summed E-state index contributed by atoms with van der Waals surface area (Å²) in [4.78, 5) is 26.8. The van der Waals surface area contributed by atoms with Crippen LogP contribution in [0.25, 0.3) is 0 Å². The molecule has 2 amide bonds. The van der Waals surface area contributed by atoms with Gasteiger partial charge in [0.1, 0.15) is 5.60 Å². The summed E-state index contributed by atoms with van der Waals surface area (Å²) in [7, 11) is 0. The second-order valence-electron chi connectivity index (χ2n) is 14.2. The number of anilines is 2. The molecular formula is C44H48N4O3S. The van der Waals surface area contributed by atoms with Crippen molar-refractivity contribution in [3.63, 3.8) is 0 Å². The number of carbonyl (C=O) groups is 2. The number of carbonyl (C=O) groups excluding carboxylic acids is 2. The van der Waals surface area contributed by atoms with Crippen molar-refractivity contribution in [2.75, 3.05) is 29.2 Å². The average Bonchev–Trinajstić information content (AvgIpc) is 3.56. The Hall–Kier alpha value is -5.05. The molecule has 1 heterocycles. The molecule has 0 fully saturated rings. The van der Waals surface area contributed by atoms with Gasteiger partial charge in [0.05, 0.1) is 16.5 Å². The van der Waals surface area contributed by atoms with E-state index in [9.17, 15) is 9.59 Å². The smallest absolute Gasteiger partial charge is 0.407 e. The number of nitrogens with zero attached hydrogens (tertiary/aromatic N) is 1. The van der Waals surface area contributed by atoms with Crippen molar-refractivity contribution < 1.29 is 14.3 Å². The van der Waals surface area contributed by atoms with Crippen LogP contribution in [-0.4, -0.2) is 42.5 Å². The summed E-state index contributed by atoms with van der Waals surface area (Å²) in [5, 5.41) is 8.41. The summed E-state index contributed by atoms with van der Waals surface area (Å²) in [5.41, 5.74) is 12.1. The number of benzene rings is 5. The Bertz CT molecular complexity index is 1880. The number of ether oxygens (including phenoxy) is 1. The quantitative estimate of drug-likeness (QED) is 0.112. The molecule has 0 aromatic heterocycles. The predicted molar refractivity (Wildman–Crippen MR) is 214 cm³/mol. The number of hydrogen-bond donors (Lipinski definition) is 3. The summed E-state index contributed by atoms with van der Waals surface area (Å²) < 4.78 is 5.20. The fourth-order valence-electron chi connectivity index (χ4n) is 6.73. The zero-order chi connectivity index (χ0) is 36.7. The van der Waals surface area contributed by atoms with Crippen LogP contribution in [0.2, 0.25) is 0 Å². The van der Waals surface area contributed by atoms with E-state index in [2.05, 4.69) is 93.9 Å².